The van der Waals surface area contributed by atoms with Gasteiger partial charge < -0.3 is 30.8 Å². The minimum Gasteiger partial charge on any atom is -0.494 e. The zero-order valence-electron chi connectivity index (χ0n) is 34.0. The normalized spacial score (nSPS) is 12.0. The molecule has 326 valence electrons. The number of rotatable bonds is 23. The Morgan fingerprint density at radius 3 is 1.48 bits per heavy atom. The van der Waals surface area contributed by atoms with Gasteiger partial charge in [-0.2, -0.15) is 0 Å². The van der Waals surface area contributed by atoms with Gasteiger partial charge >= 0.3 is 11.9 Å². The number of nitrogens with one attached hydrogen (secondary N) is 4. The molecule has 0 heterocycles. The predicted molar refractivity (Wildman–Crippen MR) is 233 cm³/mol. The van der Waals surface area contributed by atoms with Crippen molar-refractivity contribution in [3.63, 3.8) is 0 Å². The Bertz CT molecular complexity index is 2110. The molecule has 4 aromatic rings. The molecule has 8 N–H and O–H groups in total. The van der Waals surface area contributed by atoms with Crippen molar-refractivity contribution in [2.75, 3.05) is 19.8 Å². The van der Waals surface area contributed by atoms with Gasteiger partial charge in [-0.25, -0.2) is 26.3 Å². The number of benzene rings is 4. The summed E-state index contributed by atoms with van der Waals surface area (Å²) in [6, 6.07) is 28.5. The van der Waals surface area contributed by atoms with Crippen molar-refractivity contribution in [2.45, 2.75) is 76.0 Å². The van der Waals surface area contributed by atoms with E-state index in [1.165, 1.54) is 6.21 Å². The number of unbranched alkanes of at least 4 members (excludes halogenated alkanes) is 3. The predicted octanol–water partition coefficient (Wildman–Crippen LogP) is 5.52. The van der Waals surface area contributed by atoms with Gasteiger partial charge in [-0.3, -0.25) is 15.0 Å². The van der Waals surface area contributed by atoms with Crippen LogP contribution >= 0.6 is 0 Å². The molecular weight excluding hydrogens is 811 g/mol. The van der Waals surface area contributed by atoms with Crippen LogP contribution < -0.4 is 19.9 Å². The van der Waals surface area contributed by atoms with E-state index in [9.17, 15) is 36.6 Å². The number of carboxylic acids is 2. The van der Waals surface area contributed by atoms with Crippen molar-refractivity contribution < 1.29 is 46.1 Å². The maximum absolute atomic E-state index is 12.4. The number of hydrogen-bond acceptors (Lipinski definition) is 11. The largest absolute Gasteiger partial charge is 0.494 e. The van der Waals surface area contributed by atoms with Crippen LogP contribution in [0, 0.1) is 10.8 Å². The molecule has 0 aliphatic heterocycles. The topological polar surface area (TPSA) is 259 Å². The summed E-state index contributed by atoms with van der Waals surface area (Å²) in [4.78, 5) is 23.0. The number of aliphatic carboxylic acids is 2. The highest BCUT2D eigenvalue weighted by molar-refractivity contribution is 7.89. The van der Waals surface area contributed by atoms with Crippen LogP contribution in [0.4, 0.5) is 0 Å². The van der Waals surface area contributed by atoms with Gasteiger partial charge in [0.25, 0.3) is 0 Å². The maximum Gasteiger partial charge on any atom is 0.322 e. The lowest BCUT2D eigenvalue weighted by molar-refractivity contribution is -0.139. The van der Waals surface area contributed by atoms with Crippen LogP contribution in [0.1, 0.15) is 67.3 Å². The van der Waals surface area contributed by atoms with Crippen molar-refractivity contribution in [3.05, 3.63) is 137 Å². The van der Waals surface area contributed by atoms with Crippen molar-refractivity contribution in [1.29, 1.82) is 10.8 Å². The summed E-state index contributed by atoms with van der Waals surface area (Å²) in [5.74, 6) is -2.00. The zero-order valence-corrected chi connectivity index (χ0v) is 35.6. The van der Waals surface area contributed by atoms with E-state index in [2.05, 4.69) is 14.2 Å². The van der Waals surface area contributed by atoms with Crippen molar-refractivity contribution in [3.8, 4) is 5.75 Å². The minimum absolute atomic E-state index is 0.0294. The fourth-order valence-corrected chi connectivity index (χ4v) is 8.08. The standard InChI is InChI=1S/C22H30N2O5S.C17H18N2O4S.C4H9NO/c23-14-6-1-2-7-15-29-20-12-10-18(11-13-20)16-21(22(25)26)24-30(27,28)17-19-8-4-3-5-9-19;18-11-14-8-6-13(7-9-14)10-16(17(20)21)19-24(22,23)12-15-4-2-1-3-5-15;1-3-6-4(2)5/h3-5,8-13,21,24H,1-2,6-7,14-17,23H2,(H,25,26);1-9,11,16,18-19H,10,12H2,(H,20,21);5H,3H2,1-2H3. The number of hydrogen-bond donors (Lipinski definition) is 7. The fourth-order valence-electron chi connectivity index (χ4n) is 5.41. The van der Waals surface area contributed by atoms with Crippen molar-refractivity contribution in [2.24, 2.45) is 5.73 Å². The van der Waals surface area contributed by atoms with Gasteiger partial charge in [0.05, 0.1) is 24.7 Å². The lowest BCUT2D eigenvalue weighted by atomic mass is 10.1. The molecule has 0 fully saturated rings. The molecule has 4 aromatic carbocycles. The Morgan fingerprint density at radius 2 is 1.12 bits per heavy atom. The molecule has 15 nitrogen and oxygen atoms in total. The number of sulfonamides is 2. The summed E-state index contributed by atoms with van der Waals surface area (Å²) in [6.45, 7) is 5.40. The molecule has 2 unspecified atom stereocenters. The third kappa shape index (κ3) is 22.1. The Morgan fingerprint density at radius 1 is 0.683 bits per heavy atom. The van der Waals surface area contributed by atoms with E-state index in [-0.39, 0.29) is 30.2 Å². The summed E-state index contributed by atoms with van der Waals surface area (Å²) < 4.78 is 64.0. The molecule has 0 saturated heterocycles. The molecule has 2 atom stereocenters. The smallest absolute Gasteiger partial charge is 0.322 e. The highest BCUT2D eigenvalue weighted by atomic mass is 32.2. The number of carboxylic acid groups (broad SMARTS) is 2. The first kappa shape index (κ1) is 50.7. The Labute approximate surface area is 353 Å². The first-order valence-corrected chi connectivity index (χ1v) is 22.6. The van der Waals surface area contributed by atoms with E-state index in [0.717, 1.165) is 25.7 Å². The van der Waals surface area contributed by atoms with Crippen LogP contribution in [0.3, 0.4) is 0 Å². The lowest BCUT2D eigenvalue weighted by Gasteiger charge is -2.15. The molecule has 0 amide bonds. The number of ether oxygens (including phenoxy) is 2. The van der Waals surface area contributed by atoms with Crippen LogP contribution in [-0.4, -0.2) is 82.9 Å². The van der Waals surface area contributed by atoms with Crippen LogP contribution in [-0.2, 0) is 58.7 Å². The molecule has 60 heavy (non-hydrogen) atoms. The van der Waals surface area contributed by atoms with Gasteiger partial charge in [-0.1, -0.05) is 110 Å². The van der Waals surface area contributed by atoms with E-state index in [4.69, 9.17) is 21.3 Å². The van der Waals surface area contributed by atoms with Crippen LogP contribution in [0.2, 0.25) is 0 Å². The molecule has 17 heteroatoms. The van der Waals surface area contributed by atoms with E-state index < -0.39 is 44.1 Å². The average Bonchev–Trinajstić information content (AvgIpc) is 3.20. The lowest BCUT2D eigenvalue weighted by Crippen LogP contribution is -2.42. The van der Waals surface area contributed by atoms with E-state index >= 15 is 0 Å². The summed E-state index contributed by atoms with van der Waals surface area (Å²) in [5, 5.41) is 32.6. The number of carbonyl (C=O) groups is 2. The highest BCUT2D eigenvalue weighted by Gasteiger charge is 2.26. The number of nitrogens with two attached hydrogens (primary N) is 1. The molecule has 0 saturated carbocycles. The Hall–Kier alpha value is -5.46. The van der Waals surface area contributed by atoms with Gasteiger partial charge in [0.1, 0.15) is 17.8 Å². The third-order valence-electron chi connectivity index (χ3n) is 8.32. The average molecular weight is 868 g/mol. The molecule has 0 aliphatic rings. The summed E-state index contributed by atoms with van der Waals surface area (Å²) in [5.41, 5.74) is 8.72. The second-order valence-electron chi connectivity index (χ2n) is 13.5. The summed E-state index contributed by atoms with van der Waals surface area (Å²) in [6.07, 6.45) is 5.39. The van der Waals surface area contributed by atoms with Gasteiger partial charge in [-0.05, 0) is 79.1 Å². The summed E-state index contributed by atoms with van der Waals surface area (Å²) in [7, 11) is -7.57. The Balaban J connectivity index is 0.000000370. The molecule has 0 aliphatic carbocycles. The van der Waals surface area contributed by atoms with E-state index in [0.29, 0.717) is 53.3 Å². The quantitative estimate of drug-likeness (QED) is 0.0277. The molecule has 4 rings (SSSR count). The maximum atomic E-state index is 12.4. The van der Waals surface area contributed by atoms with Gasteiger partial charge in [0, 0.05) is 13.1 Å². The van der Waals surface area contributed by atoms with Gasteiger partial charge in [0.2, 0.25) is 20.0 Å². The minimum atomic E-state index is -3.79. The van der Waals surface area contributed by atoms with Crippen molar-refractivity contribution in [1.82, 2.24) is 9.44 Å². The summed E-state index contributed by atoms with van der Waals surface area (Å²) >= 11 is 0. The zero-order chi connectivity index (χ0) is 44.4. The first-order valence-electron chi connectivity index (χ1n) is 19.3. The third-order valence-corrected chi connectivity index (χ3v) is 11.0. The van der Waals surface area contributed by atoms with Crippen LogP contribution in [0.15, 0.2) is 109 Å². The van der Waals surface area contributed by atoms with Gasteiger partial charge in [0.15, 0.2) is 5.90 Å². The molecular formula is C43H57N5O10S2. The first-order chi connectivity index (χ1) is 28.6. The highest BCUT2D eigenvalue weighted by Crippen LogP contribution is 2.16. The Kier molecular flexibility index (Phi) is 23.1. The fraction of sp³-hybridized carbons (Fsp3) is 0.349. The SMILES string of the molecule is CCOC(C)=N.N=Cc1ccc(CC(NS(=O)(=O)Cc2ccccc2)C(=O)O)cc1.NCCCCCCOc1ccc(CC(NS(=O)(=O)Cc2ccccc2)C(=O)O)cc1. The van der Waals surface area contributed by atoms with E-state index in [1.54, 1.807) is 116 Å². The molecule has 0 spiro atoms. The molecule has 0 bridgehead atoms. The van der Waals surface area contributed by atoms with Crippen LogP contribution in [0.5, 0.6) is 5.75 Å². The van der Waals surface area contributed by atoms with Crippen LogP contribution in [0.25, 0.3) is 0 Å². The molecule has 0 radical (unpaired) electrons. The second-order valence-corrected chi connectivity index (χ2v) is 17.0. The molecule has 0 aromatic heterocycles. The van der Waals surface area contributed by atoms with Crippen molar-refractivity contribution >= 4 is 44.1 Å². The monoisotopic (exact) mass is 867 g/mol. The van der Waals surface area contributed by atoms with Gasteiger partial charge in [-0.15, -0.1) is 0 Å². The van der Waals surface area contributed by atoms with E-state index in [1.807, 2.05) is 6.92 Å². The second kappa shape index (κ2) is 27.3.